The smallest absolute Gasteiger partial charge is 0.150 e. The summed E-state index contributed by atoms with van der Waals surface area (Å²) in [4.78, 5) is 1.21. The highest BCUT2D eigenvalue weighted by molar-refractivity contribution is 9.10. The lowest BCUT2D eigenvalue weighted by Crippen LogP contribution is -1.98. The van der Waals surface area contributed by atoms with Gasteiger partial charge in [0.1, 0.15) is 6.10 Å². The van der Waals surface area contributed by atoms with Gasteiger partial charge >= 0.3 is 0 Å². The first kappa shape index (κ1) is 12.7. The van der Waals surface area contributed by atoms with Crippen molar-refractivity contribution in [1.29, 1.82) is 0 Å². The van der Waals surface area contributed by atoms with E-state index in [0.717, 1.165) is 15.8 Å². The molecule has 1 N–H and O–H groups in total. The minimum absolute atomic E-state index is 0.542. The minimum Gasteiger partial charge on any atom is -0.465 e. The van der Waals surface area contributed by atoms with E-state index < -0.39 is 6.10 Å². The third-order valence-corrected chi connectivity index (χ3v) is 3.95. The van der Waals surface area contributed by atoms with Gasteiger partial charge in [0.05, 0.1) is 10.7 Å². The van der Waals surface area contributed by atoms with Crippen LogP contribution in [0.4, 0.5) is 0 Å². The fourth-order valence-electron chi connectivity index (χ4n) is 1.56. The zero-order valence-electron chi connectivity index (χ0n) is 9.39. The summed E-state index contributed by atoms with van der Waals surface area (Å²) in [6.45, 7) is 2.12. The first-order chi connectivity index (χ1) is 8.22. The van der Waals surface area contributed by atoms with E-state index in [4.69, 9.17) is 4.42 Å². The Kier molecular flexibility index (Phi) is 4.31. The molecule has 0 aliphatic rings. The Bertz CT molecular complexity index is 478. The lowest BCUT2D eigenvalue weighted by molar-refractivity contribution is 0.188. The molecule has 1 aromatic carbocycles. The summed E-state index contributed by atoms with van der Waals surface area (Å²) in [5, 5.41) is 10.2. The third-order valence-electron chi connectivity index (χ3n) is 2.40. The van der Waals surface area contributed by atoms with Gasteiger partial charge in [0.15, 0.2) is 5.76 Å². The fourth-order valence-corrected chi connectivity index (χ4v) is 2.65. The number of aliphatic hydroxyl groups is 1. The number of rotatable bonds is 4. The van der Waals surface area contributed by atoms with E-state index in [1.54, 1.807) is 24.1 Å². The number of hydrogen-bond donors (Lipinski definition) is 1. The molecule has 0 bridgehead atoms. The molecule has 2 aromatic rings. The lowest BCUT2D eigenvalue weighted by atomic mass is 10.1. The molecule has 1 aromatic heterocycles. The van der Waals surface area contributed by atoms with Crippen LogP contribution < -0.4 is 0 Å². The van der Waals surface area contributed by atoms with E-state index in [0.29, 0.717) is 5.76 Å². The quantitative estimate of drug-likeness (QED) is 0.857. The molecule has 0 saturated carbocycles. The van der Waals surface area contributed by atoms with E-state index in [2.05, 4.69) is 22.9 Å². The molecule has 2 rings (SSSR count). The Hall–Kier alpha value is -0.710. The molecule has 0 fully saturated rings. The molecule has 17 heavy (non-hydrogen) atoms. The maximum atomic E-state index is 10.2. The van der Waals surface area contributed by atoms with Crippen molar-refractivity contribution >= 4 is 27.7 Å². The average molecular weight is 313 g/mol. The first-order valence-electron chi connectivity index (χ1n) is 5.36. The van der Waals surface area contributed by atoms with Crippen LogP contribution >= 0.6 is 27.7 Å². The number of aliphatic hydroxyl groups excluding tert-OH is 1. The van der Waals surface area contributed by atoms with Gasteiger partial charge in [-0.25, -0.2) is 0 Å². The predicted octanol–water partition coefficient (Wildman–Crippen LogP) is 4.24. The van der Waals surface area contributed by atoms with E-state index >= 15 is 0 Å². The zero-order chi connectivity index (χ0) is 12.3. The third kappa shape index (κ3) is 2.94. The highest BCUT2D eigenvalue weighted by Crippen LogP contribution is 2.30. The summed E-state index contributed by atoms with van der Waals surface area (Å²) >= 11 is 5.13. The number of benzene rings is 1. The fraction of sp³-hybridized carbons (Fsp3) is 0.231. The van der Waals surface area contributed by atoms with Crippen molar-refractivity contribution in [2.45, 2.75) is 17.9 Å². The van der Waals surface area contributed by atoms with Gasteiger partial charge in [-0.2, -0.15) is 0 Å². The molecule has 0 aliphatic carbocycles. The van der Waals surface area contributed by atoms with Crippen molar-refractivity contribution in [1.82, 2.24) is 0 Å². The van der Waals surface area contributed by atoms with Crippen LogP contribution in [0.15, 0.2) is 50.4 Å². The van der Waals surface area contributed by atoms with Gasteiger partial charge in [-0.05, 0) is 45.4 Å². The van der Waals surface area contributed by atoms with Gasteiger partial charge in [0.25, 0.3) is 0 Å². The van der Waals surface area contributed by atoms with Crippen molar-refractivity contribution in [3.63, 3.8) is 0 Å². The van der Waals surface area contributed by atoms with Gasteiger partial charge < -0.3 is 9.52 Å². The average Bonchev–Trinajstić information content (AvgIpc) is 2.76. The summed E-state index contributed by atoms with van der Waals surface area (Å²) < 4.78 is 6.05. The molecule has 0 aliphatic heterocycles. The molecule has 90 valence electrons. The van der Waals surface area contributed by atoms with Gasteiger partial charge in [0.2, 0.25) is 0 Å². The second-order valence-electron chi connectivity index (χ2n) is 3.54. The summed E-state index contributed by atoms with van der Waals surface area (Å²) in [5.41, 5.74) is 0.834. The van der Waals surface area contributed by atoms with Gasteiger partial charge in [-0.1, -0.05) is 19.1 Å². The van der Waals surface area contributed by atoms with Crippen LogP contribution in [0.5, 0.6) is 0 Å². The molecule has 4 heteroatoms. The van der Waals surface area contributed by atoms with Crippen LogP contribution in [0.1, 0.15) is 24.4 Å². The Morgan fingerprint density at radius 1 is 1.29 bits per heavy atom. The summed E-state index contributed by atoms with van der Waals surface area (Å²) in [6.07, 6.45) is 0.837. The first-order valence-corrected chi connectivity index (χ1v) is 7.14. The van der Waals surface area contributed by atoms with Crippen molar-refractivity contribution in [3.8, 4) is 0 Å². The van der Waals surface area contributed by atoms with Crippen molar-refractivity contribution in [2.75, 3.05) is 5.75 Å². The highest BCUT2D eigenvalue weighted by atomic mass is 79.9. The highest BCUT2D eigenvalue weighted by Gasteiger charge is 2.16. The van der Waals surface area contributed by atoms with Gasteiger partial charge in [-0.15, -0.1) is 11.8 Å². The summed E-state index contributed by atoms with van der Waals surface area (Å²) in [5.74, 6) is 1.59. The molecule has 0 spiro atoms. The van der Waals surface area contributed by atoms with Gasteiger partial charge in [0, 0.05) is 4.90 Å². The van der Waals surface area contributed by atoms with Crippen LogP contribution in [0, 0.1) is 0 Å². The molecule has 2 nitrogen and oxygen atoms in total. The number of furan rings is 1. The normalized spacial score (nSPS) is 12.6. The SMILES string of the molecule is CCSc1ccc(C(O)c2occc2Br)cc1. The largest absolute Gasteiger partial charge is 0.465 e. The molecular weight excluding hydrogens is 300 g/mol. The topological polar surface area (TPSA) is 33.4 Å². The van der Waals surface area contributed by atoms with E-state index in [1.807, 2.05) is 24.3 Å². The van der Waals surface area contributed by atoms with Gasteiger partial charge in [-0.3, -0.25) is 0 Å². The molecule has 1 atom stereocenters. The van der Waals surface area contributed by atoms with Crippen LogP contribution in [0.2, 0.25) is 0 Å². The summed E-state index contributed by atoms with van der Waals surface area (Å²) in [6, 6.07) is 9.67. The molecule has 0 amide bonds. The molecule has 1 unspecified atom stereocenters. The lowest BCUT2D eigenvalue weighted by Gasteiger charge is -2.09. The van der Waals surface area contributed by atoms with Crippen molar-refractivity contribution < 1.29 is 9.52 Å². The van der Waals surface area contributed by atoms with Crippen LogP contribution in [0.3, 0.4) is 0 Å². The molecule has 0 saturated heterocycles. The van der Waals surface area contributed by atoms with Crippen molar-refractivity contribution in [2.24, 2.45) is 0 Å². The maximum Gasteiger partial charge on any atom is 0.150 e. The van der Waals surface area contributed by atoms with E-state index in [9.17, 15) is 5.11 Å². The Morgan fingerprint density at radius 3 is 2.53 bits per heavy atom. The zero-order valence-corrected chi connectivity index (χ0v) is 11.8. The standard InChI is InChI=1S/C13H13BrO2S/c1-2-17-10-5-3-9(4-6-10)12(15)13-11(14)7-8-16-13/h3-8,12,15H,2H2,1H3. The maximum absolute atomic E-state index is 10.2. The van der Waals surface area contributed by atoms with Crippen molar-refractivity contribution in [3.05, 3.63) is 52.4 Å². The second-order valence-corrected chi connectivity index (χ2v) is 5.73. The number of halogens is 1. The number of hydrogen-bond acceptors (Lipinski definition) is 3. The Labute approximate surface area is 113 Å². The molecule has 1 heterocycles. The van der Waals surface area contributed by atoms with E-state index in [1.165, 1.54) is 4.90 Å². The Morgan fingerprint density at radius 2 is 2.00 bits per heavy atom. The van der Waals surface area contributed by atoms with E-state index in [-0.39, 0.29) is 0 Å². The summed E-state index contributed by atoms with van der Waals surface area (Å²) in [7, 11) is 0. The van der Waals surface area contributed by atoms with Crippen LogP contribution in [-0.4, -0.2) is 10.9 Å². The minimum atomic E-state index is -0.722. The molecule has 0 radical (unpaired) electrons. The number of thioether (sulfide) groups is 1. The molecular formula is C13H13BrO2S. The monoisotopic (exact) mass is 312 g/mol. The Balaban J connectivity index is 2.20. The second kappa shape index (κ2) is 5.76. The predicted molar refractivity (Wildman–Crippen MR) is 73.3 cm³/mol. The van der Waals surface area contributed by atoms with Crippen LogP contribution in [0.25, 0.3) is 0 Å². The van der Waals surface area contributed by atoms with Crippen LogP contribution in [-0.2, 0) is 0 Å².